The topological polar surface area (TPSA) is 309 Å². The number of hydrogen-bond acceptors (Lipinski definition) is 17. The number of rotatable bonds is 12. The summed E-state index contributed by atoms with van der Waals surface area (Å²) >= 11 is 0. The molecule has 0 aliphatic rings. The Morgan fingerprint density at radius 3 is 1.58 bits per heavy atom. The van der Waals surface area contributed by atoms with Crippen molar-refractivity contribution in [3.8, 4) is 0 Å². The van der Waals surface area contributed by atoms with E-state index in [9.17, 15) is 28.2 Å². The van der Waals surface area contributed by atoms with Crippen LogP contribution in [0.3, 0.4) is 0 Å². The third-order valence-electron chi connectivity index (χ3n) is 8.03. The van der Waals surface area contributed by atoms with Gasteiger partial charge >= 0.3 is 24.2 Å². The first-order chi connectivity index (χ1) is 29.7. The number of aryl methyl sites for hydroxylation is 6. The van der Waals surface area contributed by atoms with Crippen molar-refractivity contribution in [2.75, 3.05) is 18.2 Å². The minimum Gasteiger partial charge on any atom is -0.506 e. The third kappa shape index (κ3) is 21.3. The standard InChI is InChI=1S/C22H21N6O4.C16H18N2.C2H7NO3S.2CO2.W/c1-11-6-18(28-27-17-8-15(20(29)30)7-16(9-17)21(31)32)12(2)5-14(11)10-19-24-13(3)25-22(23-4)26-19;1-4-14-10-13(3)16(11-12(14)2)18-17-15-8-6-5-7-9-15;1-3-2-7(4,5)6;2*2-1-3;/h5-9H,4,10H2,1-3H3,(H,29,30)(H,31,32)(H,23,24,25,26);5-11H,4H2,1-3H3;3H,2H2,1H3,(H,4,5,6);;;/q-1;;;;;. The summed E-state index contributed by atoms with van der Waals surface area (Å²) in [5, 5.41) is 40.2. The average Bonchev–Trinajstić information content (AvgIpc) is 3.22. The van der Waals surface area contributed by atoms with Crippen LogP contribution in [0.4, 0.5) is 28.7 Å². The van der Waals surface area contributed by atoms with E-state index < -0.39 is 22.1 Å². The summed E-state index contributed by atoms with van der Waals surface area (Å²) in [4.78, 5) is 67.9. The van der Waals surface area contributed by atoms with Crippen molar-refractivity contribution in [2.24, 2.45) is 20.5 Å². The van der Waals surface area contributed by atoms with Crippen molar-refractivity contribution in [3.05, 3.63) is 136 Å². The molecule has 1 aromatic heterocycles. The molecule has 22 heteroatoms. The summed E-state index contributed by atoms with van der Waals surface area (Å²) < 4.78 is 27.4. The van der Waals surface area contributed by atoms with E-state index in [1.165, 1.54) is 35.9 Å². The molecular formula is C42H46N9O11SW-. The van der Waals surface area contributed by atoms with Crippen LogP contribution in [0.15, 0.2) is 93.3 Å². The van der Waals surface area contributed by atoms with Crippen molar-refractivity contribution >= 4 is 63.1 Å². The Hall–Kier alpha value is -6.85. The normalized spacial score (nSPS) is 10.1. The van der Waals surface area contributed by atoms with Gasteiger partial charge in [-0.25, -0.2) is 19.6 Å². The maximum atomic E-state index is 11.3. The minimum atomic E-state index is -3.79. The van der Waals surface area contributed by atoms with Crippen LogP contribution in [0.2, 0.25) is 0 Å². The Bertz CT molecular complexity index is 2540. The van der Waals surface area contributed by atoms with Crippen LogP contribution in [0.1, 0.15) is 72.7 Å². The molecule has 0 saturated carbocycles. The van der Waals surface area contributed by atoms with E-state index in [-0.39, 0.29) is 56.1 Å². The number of aromatic nitrogens is 3. The molecule has 0 radical (unpaired) electrons. The summed E-state index contributed by atoms with van der Waals surface area (Å²) in [6.07, 6.45) is 2.05. The first kappa shape index (κ1) is 57.1. The largest absolute Gasteiger partial charge is 0.506 e. The monoisotopic (exact) mass is 1070 g/mol. The zero-order chi connectivity index (χ0) is 47.7. The van der Waals surface area contributed by atoms with Crippen LogP contribution in [0, 0.1) is 41.7 Å². The molecule has 0 aliphatic carbocycles. The van der Waals surface area contributed by atoms with Crippen LogP contribution in [-0.2, 0) is 63.2 Å². The second-order valence-electron chi connectivity index (χ2n) is 12.8. The Labute approximate surface area is 383 Å². The van der Waals surface area contributed by atoms with Gasteiger partial charge in [-0.15, -0.1) is 0 Å². The number of carboxylic acids is 2. The van der Waals surface area contributed by atoms with Crippen LogP contribution in [0.5, 0.6) is 0 Å². The van der Waals surface area contributed by atoms with E-state index in [4.69, 9.17) is 23.7 Å². The first-order valence-corrected chi connectivity index (χ1v) is 19.9. The zero-order valence-electron chi connectivity index (χ0n) is 35.8. The third-order valence-corrected chi connectivity index (χ3v) is 8.68. The fourth-order valence-electron chi connectivity index (χ4n) is 5.19. The molecule has 64 heavy (non-hydrogen) atoms. The van der Waals surface area contributed by atoms with Gasteiger partial charge in [-0.05, 0) is 124 Å². The molecule has 338 valence electrons. The van der Waals surface area contributed by atoms with E-state index in [2.05, 4.69) is 86.0 Å². The smallest absolute Gasteiger partial charge is 0.373 e. The maximum absolute atomic E-state index is 11.3. The summed E-state index contributed by atoms with van der Waals surface area (Å²) in [7, 11) is 1.23. The number of benzene rings is 4. The average molecular weight is 1070 g/mol. The number of anilines is 1. The summed E-state index contributed by atoms with van der Waals surface area (Å²) in [5.41, 5.74) is 8.82. The van der Waals surface area contributed by atoms with Crippen LogP contribution in [-0.4, -0.2) is 75.3 Å². The summed E-state index contributed by atoms with van der Waals surface area (Å²) in [6.45, 7) is 12.0. The number of aromatic carboxylic acids is 2. The van der Waals surface area contributed by atoms with Gasteiger partial charge in [-0.1, -0.05) is 37.3 Å². The maximum Gasteiger partial charge on any atom is 0.373 e. The number of nitrogens with zero attached hydrogens (tertiary/aromatic N) is 7. The molecule has 0 aliphatic heterocycles. The molecule has 0 fully saturated rings. The molecule has 0 saturated heterocycles. The van der Waals surface area contributed by atoms with Crippen LogP contribution >= 0.6 is 0 Å². The Morgan fingerprint density at radius 1 is 0.688 bits per heavy atom. The van der Waals surface area contributed by atoms with Crippen molar-refractivity contribution in [3.63, 3.8) is 0 Å². The zero-order valence-corrected chi connectivity index (χ0v) is 39.6. The SMILES string of the molecule is CCc1cc(C)c(N=Nc2ccccc2)cc1C.CNCS(=O)(=O)O.O=C=O.O=C=O.[CH2-]Nc1nc(C)nc(Cc2cc(C)c(N=Nc3cc(C(=O)O)cc(C(=O)O)c3)cc2C)n1.[W]. The Morgan fingerprint density at radius 2 is 1.16 bits per heavy atom. The molecule has 4 aromatic carbocycles. The molecule has 0 unspecified atom stereocenters. The molecule has 5 N–H and O–H groups in total. The number of azo groups is 2. The second kappa shape index (κ2) is 29.4. The van der Waals surface area contributed by atoms with Crippen molar-refractivity contribution in [1.29, 1.82) is 0 Å². The fraction of sp³-hybridized carbons (Fsp3) is 0.238. The molecule has 1 heterocycles. The van der Waals surface area contributed by atoms with Crippen LogP contribution in [0.25, 0.3) is 0 Å². The van der Waals surface area contributed by atoms with Gasteiger partial charge in [-0.2, -0.15) is 53.0 Å². The molecule has 0 atom stereocenters. The van der Waals surface area contributed by atoms with Gasteiger partial charge in [0.05, 0.1) is 33.9 Å². The Balaban J connectivity index is 0.00000104. The fourth-order valence-corrected chi connectivity index (χ4v) is 5.55. The van der Waals surface area contributed by atoms with Gasteiger partial charge in [0.2, 0.25) is 0 Å². The van der Waals surface area contributed by atoms with Gasteiger partial charge in [0.1, 0.15) is 17.5 Å². The van der Waals surface area contributed by atoms with Gasteiger partial charge in [-0.3, -0.25) is 11.6 Å². The molecule has 20 nitrogen and oxygen atoms in total. The minimum absolute atomic E-state index is 0. The van der Waals surface area contributed by atoms with Gasteiger partial charge in [0.25, 0.3) is 10.1 Å². The number of carbonyl (C=O) groups is 2. The molecule has 0 amide bonds. The summed E-state index contributed by atoms with van der Waals surface area (Å²) in [5.74, 6) is -1.28. The van der Waals surface area contributed by atoms with E-state index >= 15 is 0 Å². The van der Waals surface area contributed by atoms with Gasteiger partial charge in [0, 0.05) is 27.5 Å². The van der Waals surface area contributed by atoms with Gasteiger partial charge in [0.15, 0.2) is 5.95 Å². The molecule has 5 rings (SSSR count). The summed E-state index contributed by atoms with van der Waals surface area (Å²) in [6, 6.07) is 21.5. The van der Waals surface area contributed by atoms with E-state index in [0.29, 0.717) is 29.7 Å². The van der Waals surface area contributed by atoms with Crippen molar-refractivity contribution < 1.29 is 73.0 Å². The first-order valence-electron chi connectivity index (χ1n) is 18.3. The second-order valence-corrected chi connectivity index (χ2v) is 14.3. The number of carbonyl (C=O) groups excluding carboxylic acids is 4. The molecular weight excluding hydrogens is 1020 g/mol. The predicted octanol–water partition coefficient (Wildman–Crippen LogP) is 7.57. The number of carboxylic acid groups (broad SMARTS) is 2. The molecule has 5 aromatic rings. The van der Waals surface area contributed by atoms with Gasteiger partial charge < -0.3 is 20.8 Å². The number of hydrogen-bond donors (Lipinski definition) is 5. The van der Waals surface area contributed by atoms with E-state index in [1.54, 1.807) is 6.92 Å². The van der Waals surface area contributed by atoms with Crippen molar-refractivity contribution in [1.82, 2.24) is 20.3 Å². The van der Waals surface area contributed by atoms with Crippen LogP contribution < -0.4 is 10.6 Å². The quantitative estimate of drug-likeness (QED) is 0.0457. The molecule has 0 spiro atoms. The van der Waals surface area contributed by atoms with E-state index in [0.717, 1.165) is 40.6 Å². The molecule has 0 bridgehead atoms. The number of nitrogens with one attached hydrogen (secondary N) is 2. The predicted molar refractivity (Wildman–Crippen MR) is 228 cm³/mol. The van der Waals surface area contributed by atoms with E-state index in [1.807, 2.05) is 56.3 Å². The Kier molecular flexibility index (Phi) is 26.3. The van der Waals surface area contributed by atoms with Crippen molar-refractivity contribution in [2.45, 2.75) is 54.4 Å².